The van der Waals surface area contributed by atoms with Gasteiger partial charge in [0, 0.05) is 24.1 Å². The molecule has 0 aliphatic heterocycles. The van der Waals surface area contributed by atoms with Crippen LogP contribution in [0.4, 0.5) is 5.69 Å². The summed E-state index contributed by atoms with van der Waals surface area (Å²) in [6.07, 6.45) is 0. The fraction of sp³-hybridized carbons (Fsp3) is 0.240. The van der Waals surface area contributed by atoms with Gasteiger partial charge in [-0.05, 0) is 48.9 Å². The molecule has 1 amide bonds. The van der Waals surface area contributed by atoms with Gasteiger partial charge in [0.05, 0.1) is 27.7 Å². The number of hydrogen-bond acceptors (Lipinski definition) is 5. The molecule has 0 unspecified atom stereocenters. The lowest BCUT2D eigenvalue weighted by atomic mass is 10.2. The van der Waals surface area contributed by atoms with Crippen molar-refractivity contribution in [2.45, 2.75) is 17.6 Å². The Labute approximate surface area is 220 Å². The Bertz CT molecular complexity index is 1270. The summed E-state index contributed by atoms with van der Waals surface area (Å²) in [5.41, 5.74) is 2.31. The van der Waals surface area contributed by atoms with E-state index in [4.69, 9.17) is 27.9 Å². The van der Waals surface area contributed by atoms with Crippen LogP contribution in [0.3, 0.4) is 0 Å². The molecule has 0 saturated carbocycles. The molecular formula is C25H26Cl2N2O4S2. The van der Waals surface area contributed by atoms with Crippen molar-refractivity contribution in [1.29, 1.82) is 0 Å². The van der Waals surface area contributed by atoms with Crippen LogP contribution >= 0.6 is 35.0 Å². The van der Waals surface area contributed by atoms with Gasteiger partial charge in [0.2, 0.25) is 5.91 Å². The number of thioether (sulfide) groups is 1. The van der Waals surface area contributed by atoms with Crippen LogP contribution in [0, 0.1) is 6.92 Å². The molecule has 0 aromatic heterocycles. The second-order valence-electron chi connectivity index (χ2n) is 7.68. The number of carbonyl (C=O) groups excluding carboxylic acids is 1. The maximum absolute atomic E-state index is 13.4. The van der Waals surface area contributed by atoms with Crippen molar-refractivity contribution in [1.82, 2.24) is 5.32 Å². The van der Waals surface area contributed by atoms with Crippen LogP contribution in [0.2, 0.25) is 10.0 Å². The fourth-order valence-electron chi connectivity index (χ4n) is 3.19. The van der Waals surface area contributed by atoms with Crippen LogP contribution < -0.4 is 14.4 Å². The normalized spacial score (nSPS) is 11.2. The molecule has 0 aliphatic rings. The number of amides is 1. The molecule has 6 nitrogen and oxygen atoms in total. The third-order valence-corrected chi connectivity index (χ3v) is 8.62. The molecule has 0 aliphatic carbocycles. The number of ether oxygens (including phenoxy) is 1. The lowest BCUT2D eigenvalue weighted by molar-refractivity contribution is -0.119. The van der Waals surface area contributed by atoms with Crippen molar-refractivity contribution in [3.05, 3.63) is 87.9 Å². The van der Waals surface area contributed by atoms with Crippen LogP contribution in [0.5, 0.6) is 5.75 Å². The lowest BCUT2D eigenvalue weighted by Gasteiger charge is -2.24. The summed E-state index contributed by atoms with van der Waals surface area (Å²) >= 11 is 13.6. The van der Waals surface area contributed by atoms with Gasteiger partial charge in [-0.3, -0.25) is 9.10 Å². The summed E-state index contributed by atoms with van der Waals surface area (Å²) in [4.78, 5) is 12.8. The van der Waals surface area contributed by atoms with Crippen LogP contribution in [0.15, 0.2) is 71.6 Å². The first-order valence-electron chi connectivity index (χ1n) is 10.7. The summed E-state index contributed by atoms with van der Waals surface area (Å²) in [6.45, 7) is 1.91. The summed E-state index contributed by atoms with van der Waals surface area (Å²) < 4.78 is 33.2. The average molecular weight is 554 g/mol. The summed E-state index contributed by atoms with van der Waals surface area (Å²) in [7, 11) is -2.48. The van der Waals surface area contributed by atoms with E-state index in [-0.39, 0.29) is 11.4 Å². The summed E-state index contributed by atoms with van der Waals surface area (Å²) in [5.74, 6) is 1.45. The first-order chi connectivity index (χ1) is 16.7. The molecule has 0 atom stereocenters. The highest BCUT2D eigenvalue weighted by Gasteiger charge is 2.27. The van der Waals surface area contributed by atoms with Crippen molar-refractivity contribution in [2.75, 3.05) is 30.3 Å². The van der Waals surface area contributed by atoms with Gasteiger partial charge in [-0.1, -0.05) is 53.0 Å². The number of sulfonamides is 1. The summed E-state index contributed by atoms with van der Waals surface area (Å²) in [6, 6.07) is 18.6. The van der Waals surface area contributed by atoms with Crippen LogP contribution in [-0.4, -0.2) is 40.3 Å². The van der Waals surface area contributed by atoms with Gasteiger partial charge >= 0.3 is 0 Å². The zero-order valence-electron chi connectivity index (χ0n) is 19.3. The van der Waals surface area contributed by atoms with Crippen LogP contribution in [0.25, 0.3) is 0 Å². The quantitative estimate of drug-likeness (QED) is 0.315. The van der Waals surface area contributed by atoms with Gasteiger partial charge in [0.15, 0.2) is 0 Å². The summed E-state index contributed by atoms with van der Waals surface area (Å²) in [5, 5.41) is 3.82. The number of nitrogens with one attached hydrogen (secondary N) is 1. The number of halogens is 2. The monoisotopic (exact) mass is 552 g/mol. The predicted octanol–water partition coefficient (Wildman–Crippen LogP) is 5.56. The number of methoxy groups -OCH3 is 1. The van der Waals surface area contributed by atoms with E-state index in [1.807, 2.05) is 19.1 Å². The number of nitrogens with zero attached hydrogens (tertiary/aromatic N) is 1. The molecule has 35 heavy (non-hydrogen) atoms. The first-order valence-corrected chi connectivity index (χ1v) is 14.1. The number of hydrogen-bond donors (Lipinski definition) is 1. The van der Waals surface area contributed by atoms with Gasteiger partial charge in [-0.2, -0.15) is 11.8 Å². The molecular weight excluding hydrogens is 527 g/mol. The average Bonchev–Trinajstić information content (AvgIpc) is 2.84. The number of aryl methyl sites for hydroxylation is 1. The zero-order chi connectivity index (χ0) is 25.4. The number of benzene rings is 3. The molecule has 3 rings (SSSR count). The highest BCUT2D eigenvalue weighted by molar-refractivity contribution is 7.98. The van der Waals surface area contributed by atoms with Crippen molar-refractivity contribution >= 4 is 56.6 Å². The minimum absolute atomic E-state index is 0.107. The van der Waals surface area contributed by atoms with Gasteiger partial charge in [0.1, 0.15) is 12.3 Å². The second kappa shape index (κ2) is 12.5. The van der Waals surface area contributed by atoms with Gasteiger partial charge < -0.3 is 10.1 Å². The molecule has 3 aromatic carbocycles. The maximum Gasteiger partial charge on any atom is 0.264 e. The fourth-order valence-corrected chi connectivity index (χ4v) is 5.73. The molecule has 0 radical (unpaired) electrons. The molecule has 1 N–H and O–H groups in total. The van der Waals surface area contributed by atoms with E-state index in [0.717, 1.165) is 15.4 Å². The number of rotatable bonds is 11. The third kappa shape index (κ3) is 7.54. The van der Waals surface area contributed by atoms with E-state index < -0.39 is 15.9 Å². The van der Waals surface area contributed by atoms with E-state index in [2.05, 4.69) is 5.32 Å². The van der Waals surface area contributed by atoms with E-state index in [9.17, 15) is 13.2 Å². The predicted molar refractivity (Wildman–Crippen MR) is 144 cm³/mol. The van der Waals surface area contributed by atoms with Crippen LogP contribution in [0.1, 0.15) is 11.1 Å². The zero-order valence-corrected chi connectivity index (χ0v) is 22.5. The molecule has 0 spiro atoms. The molecule has 0 saturated heterocycles. The Hall–Kier alpha value is -2.39. The van der Waals surface area contributed by atoms with E-state index in [1.54, 1.807) is 54.2 Å². The van der Waals surface area contributed by atoms with Gasteiger partial charge in [-0.25, -0.2) is 8.42 Å². The Morgan fingerprint density at radius 2 is 1.77 bits per heavy atom. The first kappa shape index (κ1) is 27.2. The van der Waals surface area contributed by atoms with Gasteiger partial charge in [0.25, 0.3) is 10.0 Å². The second-order valence-corrected chi connectivity index (χ2v) is 11.5. The van der Waals surface area contributed by atoms with Gasteiger partial charge in [-0.15, -0.1) is 0 Å². The van der Waals surface area contributed by atoms with Crippen molar-refractivity contribution in [2.24, 2.45) is 0 Å². The Morgan fingerprint density at radius 1 is 1.03 bits per heavy atom. The van der Waals surface area contributed by atoms with Crippen molar-refractivity contribution in [3.63, 3.8) is 0 Å². The van der Waals surface area contributed by atoms with E-state index in [1.165, 1.54) is 19.2 Å². The Balaban J connectivity index is 1.66. The Morgan fingerprint density at radius 3 is 2.46 bits per heavy atom. The highest BCUT2D eigenvalue weighted by Crippen LogP contribution is 2.27. The molecule has 0 bridgehead atoms. The number of anilines is 1. The third-order valence-electron chi connectivity index (χ3n) is 5.06. The molecule has 3 aromatic rings. The van der Waals surface area contributed by atoms with Crippen LogP contribution in [-0.2, 0) is 20.6 Å². The number of carbonyl (C=O) groups is 1. The smallest absolute Gasteiger partial charge is 0.264 e. The van der Waals surface area contributed by atoms with E-state index in [0.29, 0.717) is 39.5 Å². The standard InChI is InChI=1S/C25H26Cl2N2O4S2/c1-18-6-9-22(10-7-18)35(31,32)29(20-4-3-5-21(15-20)33-2)16-25(30)28-12-13-34-17-19-8-11-23(26)24(27)14-19/h3-11,14-15H,12-13,16-17H2,1-2H3,(H,28,30). The lowest BCUT2D eigenvalue weighted by Crippen LogP contribution is -2.41. The topological polar surface area (TPSA) is 75.7 Å². The molecule has 0 heterocycles. The van der Waals surface area contributed by atoms with Crippen molar-refractivity contribution < 1.29 is 17.9 Å². The Kier molecular flexibility index (Phi) is 9.74. The maximum atomic E-state index is 13.4. The largest absolute Gasteiger partial charge is 0.497 e. The minimum atomic E-state index is -3.98. The highest BCUT2D eigenvalue weighted by atomic mass is 35.5. The molecule has 10 heteroatoms. The van der Waals surface area contributed by atoms with Crippen molar-refractivity contribution in [3.8, 4) is 5.75 Å². The minimum Gasteiger partial charge on any atom is -0.497 e. The molecule has 186 valence electrons. The molecule has 0 fully saturated rings. The SMILES string of the molecule is COc1cccc(N(CC(=O)NCCSCc2ccc(Cl)c(Cl)c2)S(=O)(=O)c2ccc(C)cc2)c1. The van der Waals surface area contributed by atoms with E-state index >= 15 is 0 Å².